The fraction of sp³-hybridized carbons (Fsp3) is 0.882. The number of hydrogen-bond acceptors (Lipinski definition) is 2. The molecular formula is C17H26N2O2. The van der Waals surface area contributed by atoms with E-state index < -0.39 is 0 Å². The van der Waals surface area contributed by atoms with Gasteiger partial charge in [-0.2, -0.15) is 0 Å². The first-order valence-corrected chi connectivity index (χ1v) is 8.82. The Bertz CT molecular complexity index is 444. The van der Waals surface area contributed by atoms with Gasteiger partial charge >= 0.3 is 0 Å². The lowest BCUT2D eigenvalue weighted by atomic mass is 9.82. The molecule has 0 aromatic carbocycles. The Morgan fingerprint density at radius 2 is 1.71 bits per heavy atom. The number of rotatable bonds is 2. The summed E-state index contributed by atoms with van der Waals surface area (Å²) in [4.78, 5) is 27.0. The highest BCUT2D eigenvalue weighted by molar-refractivity contribution is 5.95. The number of nitrogens with one attached hydrogen (secondary N) is 1. The van der Waals surface area contributed by atoms with E-state index in [0.717, 1.165) is 25.2 Å². The number of fused-ring (bicyclic) bond motifs is 2. The number of amides is 2. The van der Waals surface area contributed by atoms with Crippen molar-refractivity contribution in [2.24, 2.45) is 17.8 Å². The number of piperazine rings is 1. The molecule has 4 heteroatoms. The lowest BCUT2D eigenvalue weighted by molar-refractivity contribution is -0.149. The largest absolute Gasteiger partial charge is 0.342 e. The van der Waals surface area contributed by atoms with Crippen LogP contribution < -0.4 is 5.32 Å². The molecule has 0 aromatic heterocycles. The van der Waals surface area contributed by atoms with Crippen LogP contribution in [-0.2, 0) is 9.59 Å². The van der Waals surface area contributed by atoms with Gasteiger partial charge < -0.3 is 10.2 Å². The van der Waals surface area contributed by atoms with E-state index in [-0.39, 0.29) is 17.9 Å². The first-order chi connectivity index (χ1) is 10.2. The van der Waals surface area contributed by atoms with E-state index in [1.807, 2.05) is 4.90 Å². The quantitative estimate of drug-likeness (QED) is 0.846. The van der Waals surface area contributed by atoms with E-state index in [1.54, 1.807) is 0 Å². The second-order valence-corrected chi connectivity index (χ2v) is 7.65. The summed E-state index contributed by atoms with van der Waals surface area (Å²) < 4.78 is 0. The summed E-state index contributed by atoms with van der Waals surface area (Å²) in [7, 11) is 0. The van der Waals surface area contributed by atoms with Crippen LogP contribution >= 0.6 is 0 Å². The Labute approximate surface area is 126 Å². The van der Waals surface area contributed by atoms with Crippen molar-refractivity contribution in [3.8, 4) is 0 Å². The summed E-state index contributed by atoms with van der Waals surface area (Å²) in [6.07, 6.45) is 10.9. The average molecular weight is 290 g/mol. The molecule has 4 fully saturated rings. The van der Waals surface area contributed by atoms with E-state index >= 15 is 0 Å². The molecule has 1 saturated heterocycles. The highest BCUT2D eigenvalue weighted by Gasteiger charge is 2.48. The van der Waals surface area contributed by atoms with Crippen molar-refractivity contribution in [2.45, 2.75) is 69.9 Å². The first kappa shape index (κ1) is 13.6. The van der Waals surface area contributed by atoms with Crippen LogP contribution in [0.1, 0.15) is 57.8 Å². The highest BCUT2D eigenvalue weighted by Crippen LogP contribution is 2.47. The molecule has 2 bridgehead atoms. The fourth-order valence-electron chi connectivity index (χ4n) is 5.35. The van der Waals surface area contributed by atoms with Gasteiger partial charge in [0.1, 0.15) is 6.04 Å². The van der Waals surface area contributed by atoms with Crippen LogP contribution in [0.4, 0.5) is 0 Å². The predicted octanol–water partition coefficient (Wildman–Crippen LogP) is 2.08. The van der Waals surface area contributed by atoms with Gasteiger partial charge in [0.15, 0.2) is 0 Å². The molecule has 116 valence electrons. The highest BCUT2D eigenvalue weighted by atomic mass is 16.2. The Morgan fingerprint density at radius 3 is 2.38 bits per heavy atom. The molecule has 1 N–H and O–H groups in total. The normalized spacial score (nSPS) is 40.7. The summed E-state index contributed by atoms with van der Waals surface area (Å²) in [6.45, 7) is 0.302. The maximum absolute atomic E-state index is 12.9. The molecule has 0 spiro atoms. The monoisotopic (exact) mass is 290 g/mol. The van der Waals surface area contributed by atoms with E-state index in [9.17, 15) is 9.59 Å². The zero-order valence-corrected chi connectivity index (χ0v) is 12.7. The van der Waals surface area contributed by atoms with Crippen LogP contribution in [0, 0.1) is 17.8 Å². The second kappa shape index (κ2) is 5.29. The van der Waals surface area contributed by atoms with E-state index in [4.69, 9.17) is 0 Å². The SMILES string of the molecule is O=C1CN(C2CC3CCC2C3)C(=O)C(C2CCCCC2)N1. The van der Waals surface area contributed by atoms with Crippen molar-refractivity contribution >= 4 is 11.8 Å². The zero-order chi connectivity index (χ0) is 14.4. The third-order valence-corrected chi connectivity index (χ3v) is 6.40. The summed E-state index contributed by atoms with van der Waals surface area (Å²) in [5.41, 5.74) is 0. The lowest BCUT2D eigenvalue weighted by Gasteiger charge is -2.42. The van der Waals surface area contributed by atoms with Crippen LogP contribution in [0.15, 0.2) is 0 Å². The molecule has 21 heavy (non-hydrogen) atoms. The lowest BCUT2D eigenvalue weighted by Crippen LogP contribution is -2.63. The van der Waals surface area contributed by atoms with Crippen LogP contribution in [0.25, 0.3) is 0 Å². The molecular weight excluding hydrogens is 264 g/mol. The first-order valence-electron chi connectivity index (χ1n) is 8.82. The van der Waals surface area contributed by atoms with Crippen LogP contribution in [0.3, 0.4) is 0 Å². The van der Waals surface area contributed by atoms with Crippen molar-refractivity contribution in [3.05, 3.63) is 0 Å². The minimum atomic E-state index is -0.231. The third-order valence-electron chi connectivity index (χ3n) is 6.40. The third kappa shape index (κ3) is 2.36. The van der Waals surface area contributed by atoms with Crippen molar-refractivity contribution in [3.63, 3.8) is 0 Å². The molecule has 4 unspecified atom stereocenters. The zero-order valence-electron chi connectivity index (χ0n) is 12.7. The Kier molecular flexibility index (Phi) is 3.43. The van der Waals surface area contributed by atoms with Gasteiger partial charge in [-0.3, -0.25) is 9.59 Å². The van der Waals surface area contributed by atoms with Crippen molar-refractivity contribution < 1.29 is 9.59 Å². The summed E-state index contributed by atoms with van der Waals surface area (Å²) in [5, 5.41) is 3.00. The molecule has 3 saturated carbocycles. The van der Waals surface area contributed by atoms with Crippen molar-refractivity contribution in [2.75, 3.05) is 6.54 Å². The minimum Gasteiger partial charge on any atom is -0.342 e. The van der Waals surface area contributed by atoms with Crippen LogP contribution in [-0.4, -0.2) is 35.3 Å². The molecule has 0 radical (unpaired) electrons. The molecule has 4 atom stereocenters. The maximum Gasteiger partial charge on any atom is 0.246 e. The van der Waals surface area contributed by atoms with E-state index in [1.165, 1.54) is 38.5 Å². The van der Waals surface area contributed by atoms with Gasteiger partial charge in [-0.05, 0) is 49.9 Å². The molecule has 0 aromatic rings. The van der Waals surface area contributed by atoms with Gasteiger partial charge in [-0.1, -0.05) is 25.7 Å². The Hall–Kier alpha value is -1.06. The molecule has 2 amide bonds. The van der Waals surface area contributed by atoms with E-state index in [0.29, 0.717) is 24.4 Å². The number of nitrogens with zero attached hydrogens (tertiary/aromatic N) is 1. The smallest absolute Gasteiger partial charge is 0.246 e. The van der Waals surface area contributed by atoms with Gasteiger partial charge in [-0.25, -0.2) is 0 Å². The standard InChI is InChI=1S/C17H26N2O2/c20-15-10-19(14-9-11-6-7-13(14)8-11)17(21)16(18-15)12-4-2-1-3-5-12/h11-14,16H,1-10H2,(H,18,20). The summed E-state index contributed by atoms with van der Waals surface area (Å²) >= 11 is 0. The molecule has 1 heterocycles. The van der Waals surface area contributed by atoms with Crippen LogP contribution in [0.2, 0.25) is 0 Å². The molecule has 3 aliphatic carbocycles. The van der Waals surface area contributed by atoms with Crippen molar-refractivity contribution in [1.82, 2.24) is 10.2 Å². The summed E-state index contributed by atoms with van der Waals surface area (Å²) in [6, 6.07) is 0.124. The Balaban J connectivity index is 1.51. The Morgan fingerprint density at radius 1 is 0.905 bits per heavy atom. The van der Waals surface area contributed by atoms with Gasteiger partial charge in [0, 0.05) is 6.04 Å². The number of carbonyl (C=O) groups is 2. The fourth-order valence-corrected chi connectivity index (χ4v) is 5.35. The van der Waals surface area contributed by atoms with Crippen LogP contribution in [0.5, 0.6) is 0 Å². The molecule has 4 rings (SSSR count). The number of carbonyl (C=O) groups excluding carboxylic acids is 2. The molecule has 4 nitrogen and oxygen atoms in total. The summed E-state index contributed by atoms with van der Waals surface area (Å²) in [5.74, 6) is 2.13. The predicted molar refractivity (Wildman–Crippen MR) is 79.5 cm³/mol. The maximum atomic E-state index is 12.9. The van der Waals surface area contributed by atoms with Gasteiger partial charge in [0.05, 0.1) is 6.54 Å². The average Bonchev–Trinajstić information content (AvgIpc) is 3.13. The minimum absolute atomic E-state index is 0.0629. The van der Waals surface area contributed by atoms with Gasteiger partial charge in [0.2, 0.25) is 11.8 Å². The second-order valence-electron chi connectivity index (χ2n) is 7.65. The van der Waals surface area contributed by atoms with Crippen molar-refractivity contribution in [1.29, 1.82) is 0 Å². The van der Waals surface area contributed by atoms with Gasteiger partial charge in [0.25, 0.3) is 0 Å². The topological polar surface area (TPSA) is 49.4 Å². The van der Waals surface area contributed by atoms with E-state index in [2.05, 4.69) is 5.32 Å². The number of hydrogen-bond donors (Lipinski definition) is 1. The molecule has 1 aliphatic heterocycles. The molecule has 4 aliphatic rings. The van der Waals surface area contributed by atoms with Gasteiger partial charge in [-0.15, -0.1) is 0 Å².